The van der Waals surface area contributed by atoms with Gasteiger partial charge in [0.2, 0.25) is 0 Å². The van der Waals surface area contributed by atoms with Crippen LogP contribution in [-0.2, 0) is 0 Å². The van der Waals surface area contributed by atoms with Crippen LogP contribution < -0.4 is 4.74 Å². The van der Waals surface area contributed by atoms with Crippen LogP contribution in [0.5, 0.6) is 5.75 Å². The summed E-state index contributed by atoms with van der Waals surface area (Å²) in [7, 11) is 0. The van der Waals surface area contributed by atoms with Crippen LogP contribution in [0.2, 0.25) is 0 Å². The number of ether oxygens (including phenoxy) is 1. The molecule has 0 spiro atoms. The summed E-state index contributed by atoms with van der Waals surface area (Å²) in [6.45, 7) is 2.29. The van der Waals surface area contributed by atoms with Gasteiger partial charge >= 0.3 is 5.97 Å². The Morgan fingerprint density at radius 2 is 1.84 bits per heavy atom. The molecule has 130 valence electrons. The van der Waals surface area contributed by atoms with Gasteiger partial charge in [0, 0.05) is 7.49 Å². The molecule has 2 aromatic rings. The number of halogens is 1. The molecule has 0 aliphatic heterocycles. The van der Waals surface area contributed by atoms with Crippen LogP contribution in [0, 0.1) is 23.1 Å². The molecule has 3 nitrogen and oxygen atoms in total. The second-order valence-corrected chi connectivity index (χ2v) is 6.72. The van der Waals surface area contributed by atoms with Crippen LogP contribution in [0.3, 0.4) is 0 Å². The van der Waals surface area contributed by atoms with Gasteiger partial charge in [0.15, 0.2) is 0 Å². The molecule has 2 aromatic carbocycles. The van der Waals surface area contributed by atoms with Gasteiger partial charge in [0.1, 0.15) is 17.6 Å². The summed E-state index contributed by atoms with van der Waals surface area (Å²) in [4.78, 5) is 12.2. The number of carbonyl (C=O) groups is 1. The first-order valence-corrected chi connectivity index (χ1v) is 8.58. The number of hydrogen-bond acceptors (Lipinski definition) is 3. The number of rotatable bonds is 3. The van der Waals surface area contributed by atoms with Gasteiger partial charge in [-0.05, 0) is 54.5 Å². The molecule has 1 aliphatic rings. The van der Waals surface area contributed by atoms with Gasteiger partial charge in [-0.25, -0.2) is 9.18 Å². The van der Waals surface area contributed by atoms with Crippen molar-refractivity contribution in [2.75, 3.05) is 0 Å². The molecule has 1 fully saturated rings. The zero-order valence-electron chi connectivity index (χ0n) is 14.2. The molecule has 4 heteroatoms. The Hall–Kier alpha value is -2.67. The van der Waals surface area contributed by atoms with Crippen molar-refractivity contribution < 1.29 is 15.3 Å². The van der Waals surface area contributed by atoms with Crippen molar-refractivity contribution in [1.29, 1.82) is 5.26 Å². The van der Waals surface area contributed by atoms with Crippen molar-refractivity contribution in [3.05, 3.63) is 65.0 Å². The van der Waals surface area contributed by atoms with E-state index in [4.69, 9.17) is 10.00 Å². The maximum atomic E-state index is 13.6. The molecule has 25 heavy (non-hydrogen) atoms. The Labute approximate surface area is 148 Å². The molecular formula is C21H22FNO2. The number of carbonyl (C=O) groups excluding carboxylic acids is 1. The highest BCUT2D eigenvalue weighted by atomic mass is 19.1. The molecule has 0 saturated heterocycles. The van der Waals surface area contributed by atoms with Gasteiger partial charge in [-0.15, -0.1) is 0 Å². The van der Waals surface area contributed by atoms with E-state index in [1.54, 1.807) is 18.2 Å². The lowest BCUT2D eigenvalue weighted by atomic mass is 9.79. The third-order valence-corrected chi connectivity index (χ3v) is 4.91. The average molecular weight is 339 g/mol. The topological polar surface area (TPSA) is 50.1 Å². The van der Waals surface area contributed by atoms with E-state index in [1.165, 1.54) is 43.4 Å². The third kappa shape index (κ3) is 4.06. The molecule has 0 unspecified atom stereocenters. The predicted octanol–water partition coefficient (Wildman–Crippen LogP) is 5.46. The van der Waals surface area contributed by atoms with Gasteiger partial charge < -0.3 is 4.74 Å². The minimum Gasteiger partial charge on any atom is -0.423 e. The minimum atomic E-state index is -0.699. The molecule has 0 aromatic heterocycles. The zero-order chi connectivity index (χ0) is 17.8. The fraction of sp³-hybridized carbons (Fsp3) is 0.333. The number of hydrogen-bond donors (Lipinski definition) is 0. The summed E-state index contributed by atoms with van der Waals surface area (Å²) >= 11 is 0. The fourth-order valence-corrected chi connectivity index (χ4v) is 3.30. The SMILES string of the molecule is CC1CCC(c2ccc(C(=O)Oc3ccc(C#N)c(F)c3)cc2)CC1.[HH]. The summed E-state index contributed by atoms with van der Waals surface area (Å²) < 4.78 is 18.8. The number of esters is 1. The standard InChI is InChI=1S/C21H20FNO2.H2/c1-14-2-4-15(5-3-14)16-6-8-17(9-7-16)21(24)25-19-11-10-18(13-23)20(22)12-19;/h6-12,14-15H,2-5H2,1H3;1H. The number of nitriles is 1. The van der Waals surface area contributed by atoms with Crippen molar-refractivity contribution in [2.24, 2.45) is 5.92 Å². The Bertz CT molecular complexity index is 806. The third-order valence-electron chi connectivity index (χ3n) is 4.91. The lowest BCUT2D eigenvalue weighted by Gasteiger charge is -2.26. The van der Waals surface area contributed by atoms with E-state index < -0.39 is 11.8 Å². The van der Waals surface area contributed by atoms with Crippen LogP contribution in [0.1, 0.15) is 61.4 Å². The van der Waals surface area contributed by atoms with Crippen LogP contribution >= 0.6 is 0 Å². The summed E-state index contributed by atoms with van der Waals surface area (Å²) in [5.41, 5.74) is 1.61. The van der Waals surface area contributed by atoms with Crippen LogP contribution in [0.4, 0.5) is 4.39 Å². The summed E-state index contributed by atoms with van der Waals surface area (Å²) in [6.07, 6.45) is 4.88. The van der Waals surface area contributed by atoms with Crippen LogP contribution in [0.25, 0.3) is 0 Å². The molecule has 3 rings (SSSR count). The molecule has 1 saturated carbocycles. The molecule has 0 heterocycles. The van der Waals surface area contributed by atoms with Crippen molar-refractivity contribution >= 4 is 5.97 Å². The van der Waals surface area contributed by atoms with E-state index in [0.717, 1.165) is 12.0 Å². The lowest BCUT2D eigenvalue weighted by molar-refractivity contribution is 0.0734. The summed E-state index contributed by atoms with van der Waals surface area (Å²) in [5.74, 6) is 0.224. The first kappa shape index (κ1) is 17.2. The van der Waals surface area contributed by atoms with E-state index in [9.17, 15) is 9.18 Å². The van der Waals surface area contributed by atoms with Gasteiger partial charge in [-0.2, -0.15) is 5.26 Å². The monoisotopic (exact) mass is 339 g/mol. The highest BCUT2D eigenvalue weighted by molar-refractivity contribution is 5.91. The largest absolute Gasteiger partial charge is 0.423 e. The Morgan fingerprint density at radius 3 is 2.44 bits per heavy atom. The summed E-state index contributed by atoms with van der Waals surface area (Å²) in [5, 5.41) is 8.72. The first-order valence-electron chi connectivity index (χ1n) is 8.58. The lowest BCUT2D eigenvalue weighted by Crippen LogP contribution is -2.12. The van der Waals surface area contributed by atoms with Crippen LogP contribution in [-0.4, -0.2) is 5.97 Å². The van der Waals surface area contributed by atoms with Gasteiger partial charge in [-0.1, -0.05) is 31.9 Å². The van der Waals surface area contributed by atoms with E-state index in [-0.39, 0.29) is 12.7 Å². The fourth-order valence-electron chi connectivity index (χ4n) is 3.30. The van der Waals surface area contributed by atoms with Crippen molar-refractivity contribution in [1.82, 2.24) is 0 Å². The molecule has 0 amide bonds. The highest BCUT2D eigenvalue weighted by Crippen LogP contribution is 2.35. The quantitative estimate of drug-likeness (QED) is 0.551. The predicted molar refractivity (Wildman–Crippen MR) is 95.0 cm³/mol. The maximum Gasteiger partial charge on any atom is 0.343 e. The van der Waals surface area contributed by atoms with E-state index in [2.05, 4.69) is 6.92 Å². The Kier molecular flexibility index (Phi) is 5.14. The Morgan fingerprint density at radius 1 is 1.16 bits per heavy atom. The average Bonchev–Trinajstić information content (AvgIpc) is 2.63. The molecular weight excluding hydrogens is 317 g/mol. The van der Waals surface area contributed by atoms with Gasteiger partial charge in [0.25, 0.3) is 0 Å². The van der Waals surface area contributed by atoms with Gasteiger partial charge in [0.05, 0.1) is 11.1 Å². The minimum absolute atomic E-state index is 0. The van der Waals surface area contributed by atoms with E-state index in [1.807, 2.05) is 12.1 Å². The molecule has 0 N–H and O–H groups in total. The second kappa shape index (κ2) is 7.48. The smallest absolute Gasteiger partial charge is 0.343 e. The van der Waals surface area contributed by atoms with Crippen molar-refractivity contribution in [3.63, 3.8) is 0 Å². The maximum absolute atomic E-state index is 13.6. The molecule has 0 bridgehead atoms. The second-order valence-electron chi connectivity index (χ2n) is 6.72. The Balaban J connectivity index is 0.00000243. The van der Waals surface area contributed by atoms with Crippen molar-refractivity contribution in [2.45, 2.75) is 38.5 Å². The van der Waals surface area contributed by atoms with E-state index >= 15 is 0 Å². The van der Waals surface area contributed by atoms with Crippen molar-refractivity contribution in [3.8, 4) is 11.8 Å². The first-order chi connectivity index (χ1) is 12.1. The molecule has 0 radical (unpaired) electrons. The normalized spacial score (nSPS) is 19.9. The van der Waals surface area contributed by atoms with E-state index in [0.29, 0.717) is 11.5 Å². The zero-order valence-corrected chi connectivity index (χ0v) is 14.2. The number of benzene rings is 2. The van der Waals surface area contributed by atoms with Gasteiger partial charge in [-0.3, -0.25) is 0 Å². The molecule has 0 atom stereocenters. The van der Waals surface area contributed by atoms with Crippen LogP contribution in [0.15, 0.2) is 42.5 Å². The number of nitrogens with zero attached hydrogens (tertiary/aromatic N) is 1. The highest BCUT2D eigenvalue weighted by Gasteiger charge is 2.20. The summed E-state index contributed by atoms with van der Waals surface area (Å²) in [6, 6.07) is 13.0. The molecule has 1 aliphatic carbocycles.